The summed E-state index contributed by atoms with van der Waals surface area (Å²) in [6, 6.07) is 7.78. The van der Waals surface area contributed by atoms with Crippen LogP contribution in [-0.2, 0) is 4.74 Å². The van der Waals surface area contributed by atoms with Crippen LogP contribution >= 0.6 is 0 Å². The first kappa shape index (κ1) is 25.4. The molecule has 2 aromatic heterocycles. The molecule has 2 N–H and O–H groups in total. The Labute approximate surface area is 225 Å². The number of aromatic nitrogens is 2. The zero-order valence-corrected chi connectivity index (χ0v) is 22.9. The van der Waals surface area contributed by atoms with E-state index in [4.69, 9.17) is 14.7 Å². The summed E-state index contributed by atoms with van der Waals surface area (Å²) in [5.41, 5.74) is 1.94. The first-order valence-corrected chi connectivity index (χ1v) is 14.1. The molecule has 5 heterocycles. The molecular formula is C29H40N6O3. The zero-order valence-electron chi connectivity index (χ0n) is 22.9. The Hall–Kier alpha value is -2.91. The number of aliphatic hydroxyl groups is 1. The van der Waals surface area contributed by atoms with Gasteiger partial charge in [-0.15, -0.1) is 0 Å². The molecule has 2 aromatic rings. The van der Waals surface area contributed by atoms with Crippen LogP contribution in [0.5, 0.6) is 0 Å². The minimum absolute atomic E-state index is 0.197. The number of carbonyl (C=O) groups is 1. The van der Waals surface area contributed by atoms with E-state index in [0.29, 0.717) is 43.0 Å². The quantitative estimate of drug-likeness (QED) is 0.618. The normalized spacial score (nSPS) is 24.1. The maximum atomic E-state index is 13.7. The third-order valence-corrected chi connectivity index (χ3v) is 8.85. The summed E-state index contributed by atoms with van der Waals surface area (Å²) < 4.78 is 5.49. The zero-order chi connectivity index (χ0) is 26.5. The van der Waals surface area contributed by atoms with Gasteiger partial charge in [-0.05, 0) is 88.1 Å². The molecule has 1 saturated carbocycles. The van der Waals surface area contributed by atoms with Crippen molar-refractivity contribution in [1.82, 2.24) is 9.97 Å². The van der Waals surface area contributed by atoms with Crippen molar-refractivity contribution in [2.24, 2.45) is 5.41 Å². The number of nitrogens with one attached hydrogen (secondary N) is 1. The molecule has 1 unspecified atom stereocenters. The van der Waals surface area contributed by atoms with E-state index in [0.717, 1.165) is 62.0 Å². The number of pyridine rings is 2. The number of carbonyl (C=O) groups excluding carboxylic acids is 1. The number of rotatable bonds is 5. The van der Waals surface area contributed by atoms with Crippen molar-refractivity contribution < 1.29 is 14.6 Å². The van der Waals surface area contributed by atoms with Crippen molar-refractivity contribution in [2.75, 3.05) is 66.0 Å². The van der Waals surface area contributed by atoms with Crippen molar-refractivity contribution in [3.05, 3.63) is 35.4 Å². The van der Waals surface area contributed by atoms with Crippen molar-refractivity contribution in [3.8, 4) is 0 Å². The van der Waals surface area contributed by atoms with Crippen LogP contribution in [0.15, 0.2) is 24.3 Å². The molecule has 0 bridgehead atoms. The molecule has 6 rings (SSSR count). The van der Waals surface area contributed by atoms with Gasteiger partial charge in [0.2, 0.25) is 0 Å². The van der Waals surface area contributed by atoms with E-state index in [9.17, 15) is 9.90 Å². The maximum Gasteiger partial charge on any atom is 0.260 e. The lowest BCUT2D eigenvalue weighted by Crippen LogP contribution is -2.40. The molecule has 0 radical (unpaired) electrons. The number of aliphatic hydroxyl groups excluding tert-OH is 1. The minimum Gasteiger partial charge on any atom is -0.391 e. The van der Waals surface area contributed by atoms with Crippen LogP contribution in [-0.4, -0.2) is 78.6 Å². The van der Waals surface area contributed by atoms with Crippen LogP contribution in [0, 0.1) is 12.3 Å². The SMILES string of the molecule is Cc1cc(NC(=O)c2ccc(N3CC(O)CC3(C)C)nc2N2CCC3(CC2)CC3)nc(N2CCOCC2)c1. The lowest BCUT2D eigenvalue weighted by Gasteiger charge is -2.36. The van der Waals surface area contributed by atoms with Crippen LogP contribution in [0.1, 0.15) is 61.9 Å². The molecule has 4 aliphatic rings. The first-order chi connectivity index (χ1) is 18.2. The van der Waals surface area contributed by atoms with Gasteiger partial charge in [0.05, 0.1) is 24.9 Å². The molecule has 38 heavy (non-hydrogen) atoms. The highest BCUT2D eigenvalue weighted by molar-refractivity contribution is 6.07. The van der Waals surface area contributed by atoms with Gasteiger partial charge in [0.1, 0.15) is 23.3 Å². The van der Waals surface area contributed by atoms with Gasteiger partial charge in [-0.3, -0.25) is 4.79 Å². The van der Waals surface area contributed by atoms with Crippen molar-refractivity contribution >= 4 is 29.2 Å². The molecular weight excluding hydrogens is 480 g/mol. The van der Waals surface area contributed by atoms with Crippen molar-refractivity contribution in [3.63, 3.8) is 0 Å². The number of piperidine rings is 1. The lowest BCUT2D eigenvalue weighted by atomic mass is 9.93. The summed E-state index contributed by atoms with van der Waals surface area (Å²) in [6.07, 6.45) is 5.27. The number of hydrogen-bond acceptors (Lipinski definition) is 8. The summed E-state index contributed by atoms with van der Waals surface area (Å²) in [5.74, 6) is 2.75. The minimum atomic E-state index is -0.379. The van der Waals surface area contributed by atoms with Crippen molar-refractivity contribution in [2.45, 2.75) is 64.5 Å². The average molecular weight is 521 g/mol. The summed E-state index contributed by atoms with van der Waals surface area (Å²) >= 11 is 0. The fraction of sp³-hybridized carbons (Fsp3) is 0.621. The van der Waals surface area contributed by atoms with Gasteiger partial charge in [-0.2, -0.15) is 0 Å². The summed E-state index contributed by atoms with van der Waals surface area (Å²) in [4.78, 5) is 30.2. The van der Waals surface area contributed by atoms with Crippen LogP contribution in [0.25, 0.3) is 0 Å². The van der Waals surface area contributed by atoms with Gasteiger partial charge in [0.25, 0.3) is 5.91 Å². The maximum absolute atomic E-state index is 13.7. The largest absolute Gasteiger partial charge is 0.391 e. The third-order valence-electron chi connectivity index (χ3n) is 8.85. The van der Waals surface area contributed by atoms with Crippen molar-refractivity contribution in [1.29, 1.82) is 0 Å². The number of morpholine rings is 1. The predicted octanol–water partition coefficient (Wildman–Crippen LogP) is 3.60. The van der Waals surface area contributed by atoms with Crippen LogP contribution in [0.4, 0.5) is 23.3 Å². The number of aryl methyl sites for hydroxylation is 1. The Balaban J connectivity index is 1.29. The topological polar surface area (TPSA) is 94.1 Å². The second kappa shape index (κ2) is 9.68. The Morgan fingerprint density at radius 1 is 1.00 bits per heavy atom. The Morgan fingerprint density at radius 2 is 1.74 bits per heavy atom. The van der Waals surface area contributed by atoms with Gasteiger partial charge in [0.15, 0.2) is 0 Å². The molecule has 1 aliphatic carbocycles. The first-order valence-electron chi connectivity index (χ1n) is 14.1. The van der Waals surface area contributed by atoms with Gasteiger partial charge in [0, 0.05) is 38.3 Å². The Kier molecular flexibility index (Phi) is 6.46. The van der Waals surface area contributed by atoms with E-state index < -0.39 is 0 Å². The molecule has 3 saturated heterocycles. The van der Waals surface area contributed by atoms with Crippen LogP contribution in [0.2, 0.25) is 0 Å². The molecule has 204 valence electrons. The van der Waals surface area contributed by atoms with E-state index in [1.54, 1.807) is 0 Å². The Morgan fingerprint density at radius 3 is 2.39 bits per heavy atom. The summed E-state index contributed by atoms with van der Waals surface area (Å²) in [6.45, 7) is 11.6. The fourth-order valence-electron chi connectivity index (χ4n) is 6.34. The highest BCUT2D eigenvalue weighted by Crippen LogP contribution is 2.54. The van der Waals surface area contributed by atoms with E-state index in [1.807, 2.05) is 25.1 Å². The smallest absolute Gasteiger partial charge is 0.260 e. The van der Waals surface area contributed by atoms with Gasteiger partial charge < -0.3 is 29.9 Å². The molecule has 1 amide bonds. The highest BCUT2D eigenvalue weighted by atomic mass is 16.5. The summed E-state index contributed by atoms with van der Waals surface area (Å²) in [7, 11) is 0. The molecule has 4 fully saturated rings. The Bertz CT molecular complexity index is 1200. The van der Waals surface area contributed by atoms with E-state index in [-0.39, 0.29) is 17.6 Å². The number of nitrogens with zero attached hydrogens (tertiary/aromatic N) is 5. The standard InChI is InChI=1S/C29H40N6O3/c1-20-16-23(30-25(17-20)33-12-14-38-15-13-33)31-27(37)22-4-5-24(35-19-21(36)18-28(35,2)3)32-26(22)34-10-8-29(6-7-29)9-11-34/h4-5,16-17,21,36H,6-15,18-19H2,1-3H3,(H,30,31,37). The van der Waals surface area contributed by atoms with Crippen LogP contribution in [0.3, 0.4) is 0 Å². The van der Waals surface area contributed by atoms with E-state index >= 15 is 0 Å². The second-order valence-electron chi connectivity index (χ2n) is 12.3. The van der Waals surface area contributed by atoms with E-state index in [1.165, 1.54) is 12.8 Å². The van der Waals surface area contributed by atoms with Gasteiger partial charge in [-0.1, -0.05) is 0 Å². The molecule has 9 heteroatoms. The average Bonchev–Trinajstić information content (AvgIpc) is 3.58. The van der Waals surface area contributed by atoms with Gasteiger partial charge in [-0.25, -0.2) is 9.97 Å². The molecule has 1 atom stereocenters. The molecule has 1 spiro atoms. The fourth-order valence-corrected chi connectivity index (χ4v) is 6.34. The lowest BCUT2D eigenvalue weighted by molar-refractivity contribution is 0.102. The van der Waals surface area contributed by atoms with Gasteiger partial charge >= 0.3 is 0 Å². The predicted molar refractivity (Wildman–Crippen MR) is 149 cm³/mol. The molecule has 9 nitrogen and oxygen atoms in total. The van der Waals surface area contributed by atoms with Crippen LogP contribution < -0.4 is 20.0 Å². The summed E-state index contributed by atoms with van der Waals surface area (Å²) in [5, 5.41) is 13.4. The molecule has 0 aromatic carbocycles. The molecule has 3 aliphatic heterocycles. The number of hydrogen-bond donors (Lipinski definition) is 2. The highest BCUT2D eigenvalue weighted by Gasteiger charge is 2.45. The second-order valence-corrected chi connectivity index (χ2v) is 12.3. The van der Waals surface area contributed by atoms with E-state index in [2.05, 4.69) is 39.9 Å². The number of ether oxygens (including phenoxy) is 1. The number of amides is 1. The monoisotopic (exact) mass is 520 g/mol. The number of β-amino-alcohol motifs (C(OH)–C–C–N with tert-alkyl or cyclic N) is 1. The third kappa shape index (κ3) is 5.06. The number of anilines is 4.